The first-order valence-electron chi connectivity index (χ1n) is 4.60. The molecule has 0 saturated carbocycles. The Hall–Kier alpha value is 0.110. The van der Waals surface area contributed by atoms with Gasteiger partial charge in [-0.3, -0.25) is 4.57 Å². The van der Waals surface area contributed by atoms with Crippen LogP contribution in [0.3, 0.4) is 0 Å². The summed E-state index contributed by atoms with van der Waals surface area (Å²) < 4.78 is 14.7. The first-order valence-corrected chi connectivity index (χ1v) is 5.86. The quantitative estimate of drug-likeness (QED) is 0.510. The molecule has 0 heterocycles. The largest absolute Gasteiger partial charge is 0.326 e. The fourth-order valence-electron chi connectivity index (χ4n) is 0.881. The molecule has 0 fully saturated rings. The molecule has 4 nitrogen and oxygen atoms in total. The van der Waals surface area contributed by atoms with Crippen molar-refractivity contribution in [1.29, 1.82) is 0 Å². The van der Waals surface area contributed by atoms with Crippen molar-refractivity contribution in [2.75, 3.05) is 20.2 Å². The van der Waals surface area contributed by atoms with Gasteiger partial charge in [0, 0.05) is 6.04 Å². The number of hydrogen-bond acceptors (Lipinski definition) is 3. The Morgan fingerprint density at radius 3 is 2.54 bits per heavy atom. The molecule has 0 saturated heterocycles. The normalized spacial score (nSPS) is 14.0. The Kier molecular flexibility index (Phi) is 7.57. The fourth-order valence-corrected chi connectivity index (χ4v) is 1.20. The highest BCUT2D eigenvalue weighted by atomic mass is 31.1. The number of rotatable bonds is 7. The van der Waals surface area contributed by atoms with E-state index in [4.69, 9.17) is 4.89 Å². The van der Waals surface area contributed by atoms with Gasteiger partial charge in [0.15, 0.2) is 0 Å². The van der Waals surface area contributed by atoms with E-state index < -0.39 is 8.25 Å². The van der Waals surface area contributed by atoms with E-state index in [-0.39, 0.29) is 0 Å². The highest BCUT2D eigenvalue weighted by Gasteiger charge is 2.01. The highest BCUT2D eigenvalue weighted by molar-refractivity contribution is 7.32. The summed E-state index contributed by atoms with van der Waals surface area (Å²) >= 11 is 0. The Morgan fingerprint density at radius 1 is 1.46 bits per heavy atom. The summed E-state index contributed by atoms with van der Waals surface area (Å²) in [5.41, 5.74) is 0. The van der Waals surface area contributed by atoms with Gasteiger partial charge in [0.05, 0.1) is 6.61 Å². The average Bonchev–Trinajstić information content (AvgIpc) is 2.02. The first-order chi connectivity index (χ1) is 6.04. The van der Waals surface area contributed by atoms with Crippen LogP contribution in [0.25, 0.3) is 0 Å². The molecule has 1 N–H and O–H groups in total. The van der Waals surface area contributed by atoms with Crippen LogP contribution in [-0.2, 0) is 9.09 Å². The van der Waals surface area contributed by atoms with Gasteiger partial charge in [0.25, 0.3) is 0 Å². The summed E-state index contributed by atoms with van der Waals surface area (Å²) in [6.45, 7) is 5.68. The lowest BCUT2D eigenvalue weighted by molar-refractivity contribution is 0.241. The molecular formula is C8H20NO3P. The van der Waals surface area contributed by atoms with Crippen LogP contribution in [0.5, 0.6) is 0 Å². The van der Waals surface area contributed by atoms with Crippen LogP contribution >= 0.6 is 8.25 Å². The molecule has 1 atom stereocenters. The van der Waals surface area contributed by atoms with Gasteiger partial charge in [-0.25, -0.2) is 0 Å². The zero-order valence-corrected chi connectivity index (χ0v) is 9.62. The minimum absolute atomic E-state index is 0.389. The summed E-state index contributed by atoms with van der Waals surface area (Å²) in [5, 5.41) is 0. The van der Waals surface area contributed by atoms with Crippen LogP contribution < -0.4 is 0 Å². The van der Waals surface area contributed by atoms with Crippen molar-refractivity contribution in [3.63, 3.8) is 0 Å². The Labute approximate surface area is 80.8 Å². The van der Waals surface area contributed by atoms with Crippen molar-refractivity contribution < 1.29 is 14.0 Å². The zero-order valence-electron chi connectivity index (χ0n) is 8.62. The van der Waals surface area contributed by atoms with Gasteiger partial charge in [-0.2, -0.15) is 0 Å². The molecule has 0 radical (unpaired) electrons. The molecule has 0 aliphatic rings. The van der Waals surface area contributed by atoms with Crippen molar-refractivity contribution in [1.82, 2.24) is 4.90 Å². The molecule has 13 heavy (non-hydrogen) atoms. The molecule has 80 valence electrons. The van der Waals surface area contributed by atoms with Gasteiger partial charge in [-0.1, -0.05) is 0 Å². The van der Waals surface area contributed by atoms with E-state index in [1.165, 1.54) is 0 Å². The van der Waals surface area contributed by atoms with E-state index in [1.54, 1.807) is 0 Å². The summed E-state index contributed by atoms with van der Waals surface area (Å²) in [7, 11) is -0.645. The summed E-state index contributed by atoms with van der Waals surface area (Å²) in [6, 6.07) is 0.554. The maximum absolute atomic E-state index is 10.2. The van der Waals surface area contributed by atoms with Crippen LogP contribution in [0, 0.1) is 0 Å². The number of unbranched alkanes of at least 4 members (excludes halogenated alkanes) is 1. The molecule has 0 aromatic rings. The van der Waals surface area contributed by atoms with Gasteiger partial charge in [-0.05, 0) is 40.3 Å². The van der Waals surface area contributed by atoms with E-state index in [2.05, 4.69) is 30.3 Å². The maximum Gasteiger partial charge on any atom is 0.316 e. The smallest absolute Gasteiger partial charge is 0.316 e. The minimum Gasteiger partial charge on any atom is -0.326 e. The monoisotopic (exact) mass is 209 g/mol. The van der Waals surface area contributed by atoms with E-state index in [0.717, 1.165) is 19.4 Å². The number of nitrogens with zero attached hydrogens (tertiary/aromatic N) is 1. The van der Waals surface area contributed by atoms with Gasteiger partial charge >= 0.3 is 8.25 Å². The van der Waals surface area contributed by atoms with Gasteiger partial charge in [0.2, 0.25) is 0 Å². The van der Waals surface area contributed by atoms with Crippen LogP contribution in [0.4, 0.5) is 0 Å². The van der Waals surface area contributed by atoms with Crippen LogP contribution in [0.15, 0.2) is 0 Å². The van der Waals surface area contributed by atoms with Crippen molar-refractivity contribution >= 4 is 8.25 Å². The predicted octanol–water partition coefficient (Wildman–Crippen LogP) is 1.51. The Morgan fingerprint density at radius 2 is 2.08 bits per heavy atom. The fraction of sp³-hybridized carbons (Fsp3) is 1.00. The molecule has 0 bridgehead atoms. The van der Waals surface area contributed by atoms with Gasteiger partial charge in [0.1, 0.15) is 0 Å². The molecule has 0 rings (SSSR count). The molecule has 5 heteroatoms. The van der Waals surface area contributed by atoms with Crippen molar-refractivity contribution in [2.45, 2.75) is 32.7 Å². The molecule has 0 amide bonds. The summed E-state index contributed by atoms with van der Waals surface area (Å²) in [5.74, 6) is 0. The standard InChI is InChI=1S/C8H20NO3P/c1-8(2)9(3)6-4-5-7-12-13(10)11/h8,13H,4-7H2,1-3H3,(H,10,11). The molecule has 0 spiro atoms. The molecule has 0 aliphatic heterocycles. The minimum atomic E-state index is -2.71. The second-order valence-corrected chi connectivity index (χ2v) is 4.22. The third-order valence-corrected chi connectivity index (χ3v) is 2.46. The van der Waals surface area contributed by atoms with E-state index in [9.17, 15) is 4.57 Å². The summed E-state index contributed by atoms with van der Waals surface area (Å²) in [6.07, 6.45) is 1.85. The number of hydrogen-bond donors (Lipinski definition) is 1. The Bertz CT molecular complexity index is 152. The van der Waals surface area contributed by atoms with Crippen molar-refractivity contribution in [2.24, 2.45) is 0 Å². The van der Waals surface area contributed by atoms with Crippen LogP contribution in [-0.4, -0.2) is 36.0 Å². The van der Waals surface area contributed by atoms with Crippen LogP contribution in [0.2, 0.25) is 0 Å². The van der Waals surface area contributed by atoms with E-state index in [1.807, 2.05) is 0 Å². The van der Waals surface area contributed by atoms with Crippen LogP contribution in [0.1, 0.15) is 26.7 Å². The zero-order chi connectivity index (χ0) is 10.3. The highest BCUT2D eigenvalue weighted by Crippen LogP contribution is 2.14. The van der Waals surface area contributed by atoms with E-state index >= 15 is 0 Å². The second kappa shape index (κ2) is 7.51. The third-order valence-electron chi connectivity index (χ3n) is 2.01. The second-order valence-electron chi connectivity index (χ2n) is 3.40. The Balaban J connectivity index is 3.21. The maximum atomic E-state index is 10.2. The lowest BCUT2D eigenvalue weighted by Crippen LogP contribution is -2.27. The molecule has 0 aliphatic carbocycles. The summed E-state index contributed by atoms with van der Waals surface area (Å²) in [4.78, 5) is 10.6. The topological polar surface area (TPSA) is 49.8 Å². The van der Waals surface area contributed by atoms with E-state index in [0.29, 0.717) is 12.6 Å². The average molecular weight is 209 g/mol. The molecule has 0 aromatic heterocycles. The molecule has 1 unspecified atom stereocenters. The molecule has 0 aromatic carbocycles. The van der Waals surface area contributed by atoms with Gasteiger partial charge < -0.3 is 14.3 Å². The van der Waals surface area contributed by atoms with Crippen molar-refractivity contribution in [3.05, 3.63) is 0 Å². The lowest BCUT2D eigenvalue weighted by Gasteiger charge is -2.20. The SMILES string of the molecule is CC(C)N(C)CCCCO[PH](=O)O. The predicted molar refractivity (Wildman–Crippen MR) is 54.2 cm³/mol. The molecular weight excluding hydrogens is 189 g/mol. The first kappa shape index (κ1) is 13.1. The van der Waals surface area contributed by atoms with Crippen molar-refractivity contribution in [3.8, 4) is 0 Å². The third kappa shape index (κ3) is 8.44. The van der Waals surface area contributed by atoms with Gasteiger partial charge in [-0.15, -0.1) is 0 Å². The lowest BCUT2D eigenvalue weighted by atomic mass is 10.2.